The SMILES string of the molecule is CCCC[C@H](NC(C)CC(C)(C)C)C(=O)O. The molecular weight excluding hydrogens is 202 g/mol. The summed E-state index contributed by atoms with van der Waals surface area (Å²) in [6.07, 6.45) is 3.72. The molecule has 0 aliphatic heterocycles. The Labute approximate surface area is 99.6 Å². The van der Waals surface area contributed by atoms with Gasteiger partial charge in [-0.05, 0) is 25.2 Å². The smallest absolute Gasteiger partial charge is 0.320 e. The highest BCUT2D eigenvalue weighted by Crippen LogP contribution is 2.21. The number of hydrogen-bond acceptors (Lipinski definition) is 2. The van der Waals surface area contributed by atoms with Crippen molar-refractivity contribution in [3.8, 4) is 0 Å². The van der Waals surface area contributed by atoms with Gasteiger partial charge in [-0.25, -0.2) is 0 Å². The minimum Gasteiger partial charge on any atom is -0.480 e. The molecule has 0 aliphatic carbocycles. The van der Waals surface area contributed by atoms with Crippen LogP contribution >= 0.6 is 0 Å². The maximum absolute atomic E-state index is 11.0. The molecule has 0 fully saturated rings. The Bertz CT molecular complexity index is 208. The Balaban J connectivity index is 4.13. The zero-order valence-corrected chi connectivity index (χ0v) is 11.3. The Kier molecular flexibility index (Phi) is 6.65. The first-order chi connectivity index (χ1) is 7.26. The highest BCUT2D eigenvalue weighted by atomic mass is 16.4. The minimum atomic E-state index is -0.728. The molecule has 0 radical (unpaired) electrons. The van der Waals surface area contributed by atoms with Crippen LogP contribution in [0.2, 0.25) is 0 Å². The van der Waals surface area contributed by atoms with E-state index in [0.717, 1.165) is 25.7 Å². The van der Waals surface area contributed by atoms with Crippen LogP contribution in [0.25, 0.3) is 0 Å². The van der Waals surface area contributed by atoms with Gasteiger partial charge in [0.1, 0.15) is 6.04 Å². The number of nitrogens with one attached hydrogen (secondary N) is 1. The van der Waals surface area contributed by atoms with Crippen LogP contribution in [0.15, 0.2) is 0 Å². The van der Waals surface area contributed by atoms with Gasteiger partial charge >= 0.3 is 5.97 Å². The molecule has 96 valence electrons. The van der Waals surface area contributed by atoms with E-state index in [0.29, 0.717) is 0 Å². The van der Waals surface area contributed by atoms with Crippen LogP contribution in [0, 0.1) is 5.41 Å². The monoisotopic (exact) mass is 229 g/mol. The Hall–Kier alpha value is -0.570. The van der Waals surface area contributed by atoms with E-state index in [1.165, 1.54) is 0 Å². The van der Waals surface area contributed by atoms with Gasteiger partial charge in [-0.3, -0.25) is 4.79 Å². The van der Waals surface area contributed by atoms with Gasteiger partial charge in [0.05, 0.1) is 0 Å². The molecule has 3 heteroatoms. The highest BCUT2D eigenvalue weighted by Gasteiger charge is 2.21. The summed E-state index contributed by atoms with van der Waals surface area (Å²) >= 11 is 0. The average Bonchev–Trinajstić information content (AvgIpc) is 2.08. The summed E-state index contributed by atoms with van der Waals surface area (Å²) in [4.78, 5) is 11.0. The fraction of sp³-hybridized carbons (Fsp3) is 0.923. The molecule has 2 N–H and O–H groups in total. The van der Waals surface area contributed by atoms with Crippen molar-refractivity contribution in [2.45, 2.75) is 72.4 Å². The summed E-state index contributed by atoms with van der Waals surface area (Å²) in [5.74, 6) is -0.728. The number of carboxylic acid groups (broad SMARTS) is 1. The third-order valence-electron chi connectivity index (χ3n) is 2.55. The molecule has 0 rings (SSSR count). The first-order valence-corrected chi connectivity index (χ1v) is 6.25. The third-order valence-corrected chi connectivity index (χ3v) is 2.55. The predicted octanol–water partition coefficient (Wildman–Crippen LogP) is 3.04. The van der Waals surface area contributed by atoms with Crippen molar-refractivity contribution in [2.75, 3.05) is 0 Å². The maximum Gasteiger partial charge on any atom is 0.320 e. The minimum absolute atomic E-state index is 0.236. The summed E-state index contributed by atoms with van der Waals surface area (Å²) < 4.78 is 0. The summed E-state index contributed by atoms with van der Waals surface area (Å²) in [6.45, 7) is 10.7. The summed E-state index contributed by atoms with van der Waals surface area (Å²) in [6, 6.07) is -0.143. The van der Waals surface area contributed by atoms with E-state index in [9.17, 15) is 4.79 Å². The molecule has 0 aromatic carbocycles. The zero-order valence-electron chi connectivity index (χ0n) is 11.3. The van der Waals surface area contributed by atoms with Crippen LogP contribution in [0.3, 0.4) is 0 Å². The van der Waals surface area contributed by atoms with E-state index in [4.69, 9.17) is 5.11 Å². The molecule has 16 heavy (non-hydrogen) atoms. The lowest BCUT2D eigenvalue weighted by Gasteiger charge is -2.26. The normalized spacial score (nSPS) is 15.8. The molecule has 0 aromatic rings. The zero-order chi connectivity index (χ0) is 12.8. The van der Waals surface area contributed by atoms with Gasteiger partial charge in [-0.15, -0.1) is 0 Å². The van der Waals surface area contributed by atoms with E-state index in [2.05, 4.69) is 39.9 Å². The number of unbranched alkanes of at least 4 members (excludes halogenated alkanes) is 1. The molecule has 2 atom stereocenters. The van der Waals surface area contributed by atoms with Crippen LogP contribution in [0.1, 0.15) is 60.3 Å². The van der Waals surface area contributed by atoms with E-state index in [1.807, 2.05) is 0 Å². The molecule has 0 spiro atoms. The Morgan fingerprint density at radius 1 is 1.38 bits per heavy atom. The second kappa shape index (κ2) is 6.89. The van der Waals surface area contributed by atoms with Gasteiger partial charge in [-0.2, -0.15) is 0 Å². The van der Waals surface area contributed by atoms with Crippen LogP contribution in [-0.2, 0) is 4.79 Å². The maximum atomic E-state index is 11.0. The Morgan fingerprint density at radius 2 is 1.94 bits per heavy atom. The van der Waals surface area contributed by atoms with Gasteiger partial charge in [0.15, 0.2) is 0 Å². The van der Waals surface area contributed by atoms with Crippen LogP contribution < -0.4 is 5.32 Å². The number of hydrogen-bond donors (Lipinski definition) is 2. The quantitative estimate of drug-likeness (QED) is 0.705. The first kappa shape index (κ1) is 15.4. The Morgan fingerprint density at radius 3 is 2.31 bits per heavy atom. The summed E-state index contributed by atoms with van der Waals surface area (Å²) in [7, 11) is 0. The second-order valence-electron chi connectivity index (χ2n) is 5.87. The number of aliphatic carboxylic acids is 1. The van der Waals surface area contributed by atoms with Crippen LogP contribution in [0.4, 0.5) is 0 Å². The molecule has 0 amide bonds. The van der Waals surface area contributed by atoms with Gasteiger partial charge in [-0.1, -0.05) is 40.5 Å². The summed E-state index contributed by atoms with van der Waals surface area (Å²) in [5.41, 5.74) is 0.236. The molecule has 0 aromatic heterocycles. The van der Waals surface area contributed by atoms with Crippen molar-refractivity contribution < 1.29 is 9.90 Å². The van der Waals surface area contributed by atoms with Gasteiger partial charge in [0, 0.05) is 6.04 Å². The van der Waals surface area contributed by atoms with Crippen molar-refractivity contribution in [3.05, 3.63) is 0 Å². The fourth-order valence-electron chi connectivity index (χ4n) is 2.01. The number of rotatable bonds is 7. The first-order valence-electron chi connectivity index (χ1n) is 6.25. The van der Waals surface area contributed by atoms with Gasteiger partial charge < -0.3 is 10.4 Å². The standard InChI is InChI=1S/C13H27NO2/c1-6-7-8-11(12(15)16)14-10(2)9-13(3,4)5/h10-11,14H,6-9H2,1-5H3,(H,15,16)/t10?,11-/m0/s1. The van der Waals surface area contributed by atoms with E-state index in [-0.39, 0.29) is 11.5 Å². The van der Waals surface area contributed by atoms with Crippen molar-refractivity contribution >= 4 is 5.97 Å². The molecule has 0 bridgehead atoms. The highest BCUT2D eigenvalue weighted by molar-refractivity contribution is 5.73. The van der Waals surface area contributed by atoms with E-state index in [1.54, 1.807) is 0 Å². The van der Waals surface area contributed by atoms with E-state index >= 15 is 0 Å². The lowest BCUT2D eigenvalue weighted by Crippen LogP contribution is -2.43. The predicted molar refractivity (Wildman–Crippen MR) is 67.6 cm³/mol. The van der Waals surface area contributed by atoms with Gasteiger partial charge in [0.2, 0.25) is 0 Å². The molecular formula is C13H27NO2. The second-order valence-corrected chi connectivity index (χ2v) is 5.87. The lowest BCUT2D eigenvalue weighted by molar-refractivity contribution is -0.140. The molecule has 0 heterocycles. The van der Waals surface area contributed by atoms with Crippen molar-refractivity contribution in [1.82, 2.24) is 5.32 Å². The van der Waals surface area contributed by atoms with Crippen LogP contribution in [-0.4, -0.2) is 23.2 Å². The van der Waals surface area contributed by atoms with Crippen molar-refractivity contribution in [1.29, 1.82) is 0 Å². The number of carboxylic acids is 1. The largest absolute Gasteiger partial charge is 0.480 e. The molecule has 3 nitrogen and oxygen atoms in total. The molecule has 0 saturated carbocycles. The summed E-state index contributed by atoms with van der Waals surface area (Å²) in [5, 5.41) is 12.3. The van der Waals surface area contributed by atoms with Crippen molar-refractivity contribution in [3.63, 3.8) is 0 Å². The molecule has 0 saturated heterocycles. The van der Waals surface area contributed by atoms with E-state index < -0.39 is 12.0 Å². The van der Waals surface area contributed by atoms with Crippen molar-refractivity contribution in [2.24, 2.45) is 5.41 Å². The molecule has 1 unspecified atom stereocenters. The lowest BCUT2D eigenvalue weighted by atomic mass is 9.88. The average molecular weight is 229 g/mol. The third kappa shape index (κ3) is 7.69. The number of carbonyl (C=O) groups is 1. The van der Waals surface area contributed by atoms with Gasteiger partial charge in [0.25, 0.3) is 0 Å². The van der Waals surface area contributed by atoms with Crippen LogP contribution in [0.5, 0.6) is 0 Å². The topological polar surface area (TPSA) is 49.3 Å². The molecule has 0 aliphatic rings. The fourth-order valence-corrected chi connectivity index (χ4v) is 2.01.